The lowest BCUT2D eigenvalue weighted by molar-refractivity contribution is 0.0972. The topological polar surface area (TPSA) is 44.0 Å². The smallest absolute Gasteiger partial charge is 0.295 e. The number of para-hydroxylation sites is 2. The highest BCUT2D eigenvalue weighted by atomic mass is 35.5. The zero-order chi connectivity index (χ0) is 15.0. The molecule has 0 radical (unpaired) electrons. The van der Waals surface area contributed by atoms with Crippen LogP contribution >= 0.6 is 11.6 Å². The molecule has 0 unspecified atom stereocenters. The van der Waals surface area contributed by atoms with E-state index in [1.54, 1.807) is 35.9 Å². The molecule has 3 aromatic rings. The van der Waals surface area contributed by atoms with Crippen LogP contribution in [0.5, 0.6) is 0 Å². The fourth-order valence-electron chi connectivity index (χ4n) is 2.39. The van der Waals surface area contributed by atoms with Gasteiger partial charge in [-0.1, -0.05) is 23.7 Å². The van der Waals surface area contributed by atoms with Crippen molar-refractivity contribution < 1.29 is 4.79 Å². The van der Waals surface area contributed by atoms with Crippen LogP contribution in [-0.2, 0) is 13.6 Å². The minimum Gasteiger partial charge on any atom is -0.295 e. The van der Waals surface area contributed by atoms with Crippen molar-refractivity contribution in [1.29, 1.82) is 0 Å². The summed E-state index contributed by atoms with van der Waals surface area (Å²) in [6, 6.07) is 14.1. The van der Waals surface area contributed by atoms with Crippen molar-refractivity contribution in [1.82, 2.24) is 9.13 Å². The van der Waals surface area contributed by atoms with E-state index in [2.05, 4.69) is 0 Å². The van der Waals surface area contributed by atoms with E-state index in [4.69, 9.17) is 11.6 Å². The van der Waals surface area contributed by atoms with Gasteiger partial charge in [-0.2, -0.15) is 0 Å². The maximum absolute atomic E-state index is 12.3. The molecule has 4 nitrogen and oxygen atoms in total. The van der Waals surface area contributed by atoms with Crippen molar-refractivity contribution in [2.24, 2.45) is 7.05 Å². The summed E-state index contributed by atoms with van der Waals surface area (Å²) >= 11 is 5.81. The largest absolute Gasteiger partial charge is 0.329 e. The molecule has 0 N–H and O–H groups in total. The second-order valence-corrected chi connectivity index (χ2v) is 5.28. The van der Waals surface area contributed by atoms with Gasteiger partial charge < -0.3 is 0 Å². The molecule has 0 aliphatic heterocycles. The number of ketones is 1. The van der Waals surface area contributed by atoms with Crippen molar-refractivity contribution in [3.05, 3.63) is 69.6 Å². The molecule has 1 heterocycles. The van der Waals surface area contributed by atoms with Crippen molar-refractivity contribution >= 4 is 28.4 Å². The summed E-state index contributed by atoms with van der Waals surface area (Å²) < 4.78 is 3.04. The van der Waals surface area contributed by atoms with Crippen LogP contribution in [0, 0.1) is 0 Å². The van der Waals surface area contributed by atoms with Crippen LogP contribution in [0.3, 0.4) is 0 Å². The Kier molecular flexibility index (Phi) is 3.39. The van der Waals surface area contributed by atoms with Gasteiger partial charge >= 0.3 is 5.69 Å². The predicted molar refractivity (Wildman–Crippen MR) is 83.0 cm³/mol. The fourth-order valence-corrected chi connectivity index (χ4v) is 2.51. The molecule has 2 aromatic carbocycles. The number of carbonyl (C=O) groups is 1. The minimum absolute atomic E-state index is 0.0157. The molecule has 3 rings (SSSR count). The van der Waals surface area contributed by atoms with Gasteiger partial charge in [-0.25, -0.2) is 4.79 Å². The molecule has 0 aliphatic carbocycles. The average molecular weight is 301 g/mol. The number of nitrogens with zero attached hydrogens (tertiary/aromatic N) is 2. The Morgan fingerprint density at radius 3 is 2.33 bits per heavy atom. The van der Waals surface area contributed by atoms with E-state index in [1.807, 2.05) is 24.3 Å². The van der Waals surface area contributed by atoms with Gasteiger partial charge in [-0.15, -0.1) is 0 Å². The molecule has 0 bridgehead atoms. The summed E-state index contributed by atoms with van der Waals surface area (Å²) in [7, 11) is 1.70. The summed E-state index contributed by atoms with van der Waals surface area (Å²) in [4.78, 5) is 24.6. The van der Waals surface area contributed by atoms with E-state index in [1.165, 1.54) is 4.57 Å². The Morgan fingerprint density at radius 2 is 1.67 bits per heavy atom. The van der Waals surface area contributed by atoms with Gasteiger partial charge in [0.05, 0.1) is 17.6 Å². The minimum atomic E-state index is -0.196. The van der Waals surface area contributed by atoms with Crippen molar-refractivity contribution in [2.75, 3.05) is 0 Å². The number of carbonyl (C=O) groups excluding carboxylic acids is 1. The van der Waals surface area contributed by atoms with Gasteiger partial charge in [0.2, 0.25) is 0 Å². The van der Waals surface area contributed by atoms with Crippen LogP contribution in [0.1, 0.15) is 10.4 Å². The summed E-state index contributed by atoms with van der Waals surface area (Å²) in [6.45, 7) is 0.0157. The number of hydrogen-bond donors (Lipinski definition) is 0. The van der Waals surface area contributed by atoms with Crippen molar-refractivity contribution in [3.8, 4) is 0 Å². The monoisotopic (exact) mass is 300 g/mol. The molecule has 5 heteroatoms. The molecule has 0 spiro atoms. The van der Waals surface area contributed by atoms with Gasteiger partial charge in [-0.05, 0) is 36.4 Å². The fraction of sp³-hybridized carbons (Fsp3) is 0.125. The van der Waals surface area contributed by atoms with Gasteiger partial charge in [0.15, 0.2) is 5.78 Å². The van der Waals surface area contributed by atoms with E-state index in [0.29, 0.717) is 10.6 Å². The highest BCUT2D eigenvalue weighted by Gasteiger charge is 2.14. The van der Waals surface area contributed by atoms with Gasteiger partial charge in [0, 0.05) is 17.6 Å². The van der Waals surface area contributed by atoms with Gasteiger partial charge in [-0.3, -0.25) is 13.9 Å². The SMILES string of the molecule is Cn1c(=O)n(CC(=O)c2ccc(Cl)cc2)c2ccccc21. The third-order valence-electron chi connectivity index (χ3n) is 3.52. The maximum Gasteiger partial charge on any atom is 0.329 e. The third kappa shape index (κ3) is 2.38. The number of aryl methyl sites for hydroxylation is 1. The molecule has 21 heavy (non-hydrogen) atoms. The number of aromatic nitrogens is 2. The number of hydrogen-bond acceptors (Lipinski definition) is 2. The quantitative estimate of drug-likeness (QED) is 0.698. The lowest BCUT2D eigenvalue weighted by Gasteiger charge is -2.03. The zero-order valence-corrected chi connectivity index (χ0v) is 12.2. The van der Waals surface area contributed by atoms with Crippen LogP contribution in [0.15, 0.2) is 53.3 Å². The molecule has 0 saturated heterocycles. The van der Waals surface area contributed by atoms with E-state index in [0.717, 1.165) is 11.0 Å². The van der Waals surface area contributed by atoms with Crippen molar-refractivity contribution in [3.63, 3.8) is 0 Å². The van der Waals surface area contributed by atoms with Gasteiger partial charge in [0.25, 0.3) is 0 Å². The number of Topliss-reactive ketones (excluding diaryl/α,β-unsaturated/α-hetero) is 1. The van der Waals surface area contributed by atoms with E-state index < -0.39 is 0 Å². The zero-order valence-electron chi connectivity index (χ0n) is 11.4. The maximum atomic E-state index is 12.3. The summed E-state index contributed by atoms with van der Waals surface area (Å²) in [5.41, 5.74) is 1.91. The Labute approximate surface area is 126 Å². The normalized spacial score (nSPS) is 11.0. The first-order chi connectivity index (χ1) is 10.1. The Balaban J connectivity index is 2.02. The molecular weight excluding hydrogens is 288 g/mol. The number of rotatable bonds is 3. The summed E-state index contributed by atoms with van der Waals surface area (Å²) in [6.07, 6.45) is 0. The third-order valence-corrected chi connectivity index (χ3v) is 3.77. The number of halogens is 1. The van der Waals surface area contributed by atoms with Crippen molar-refractivity contribution in [2.45, 2.75) is 6.54 Å². The van der Waals surface area contributed by atoms with Crippen LogP contribution in [0.4, 0.5) is 0 Å². The Morgan fingerprint density at radius 1 is 1.05 bits per heavy atom. The van der Waals surface area contributed by atoms with E-state index in [9.17, 15) is 9.59 Å². The molecule has 0 atom stereocenters. The molecule has 0 saturated carbocycles. The van der Waals surface area contributed by atoms with Crippen LogP contribution in [0.2, 0.25) is 5.02 Å². The highest BCUT2D eigenvalue weighted by molar-refractivity contribution is 6.30. The van der Waals surface area contributed by atoms with E-state index in [-0.39, 0.29) is 18.0 Å². The molecule has 0 fully saturated rings. The highest BCUT2D eigenvalue weighted by Crippen LogP contribution is 2.14. The van der Waals surface area contributed by atoms with E-state index >= 15 is 0 Å². The molecule has 0 amide bonds. The molecular formula is C16H13ClN2O2. The first-order valence-corrected chi connectivity index (χ1v) is 6.89. The van der Waals surface area contributed by atoms with Gasteiger partial charge in [0.1, 0.15) is 0 Å². The standard InChI is InChI=1S/C16H13ClN2O2/c1-18-13-4-2-3-5-14(13)19(16(18)21)10-15(20)11-6-8-12(17)9-7-11/h2-9H,10H2,1H3. The van der Waals surface area contributed by atoms with Crippen LogP contribution in [-0.4, -0.2) is 14.9 Å². The number of imidazole rings is 1. The summed E-state index contributed by atoms with van der Waals surface area (Å²) in [5.74, 6) is -0.120. The lowest BCUT2D eigenvalue weighted by Crippen LogP contribution is -2.25. The summed E-state index contributed by atoms with van der Waals surface area (Å²) in [5, 5.41) is 0.578. The number of fused-ring (bicyclic) bond motifs is 1. The van der Waals surface area contributed by atoms with Crippen LogP contribution < -0.4 is 5.69 Å². The number of benzene rings is 2. The first kappa shape index (κ1) is 13.6. The molecule has 106 valence electrons. The lowest BCUT2D eigenvalue weighted by atomic mass is 10.1. The predicted octanol–water partition coefficient (Wildman–Crippen LogP) is 2.88. The molecule has 1 aromatic heterocycles. The Bertz CT molecular complexity index is 875. The first-order valence-electron chi connectivity index (χ1n) is 6.51. The second-order valence-electron chi connectivity index (χ2n) is 4.85. The Hall–Kier alpha value is -2.33. The average Bonchev–Trinajstić information content (AvgIpc) is 2.73. The second kappa shape index (κ2) is 5.22. The van der Waals surface area contributed by atoms with Crippen LogP contribution in [0.25, 0.3) is 11.0 Å². The molecule has 0 aliphatic rings.